The predicted octanol–water partition coefficient (Wildman–Crippen LogP) is 2.86. The van der Waals surface area contributed by atoms with Gasteiger partial charge in [0.15, 0.2) is 0 Å². The molecule has 0 atom stereocenters. The molecule has 0 aliphatic rings. The molecule has 0 aliphatic carbocycles. The summed E-state index contributed by atoms with van der Waals surface area (Å²) in [5, 5.41) is 2.40. The Morgan fingerprint density at radius 1 is 1.19 bits per heavy atom. The maximum Gasteiger partial charge on any atom is 0.309 e. The molecule has 0 fully saturated rings. The third kappa shape index (κ3) is 1.91. The Hall–Kier alpha value is -1.83. The first-order valence-electron chi connectivity index (χ1n) is 5.26. The summed E-state index contributed by atoms with van der Waals surface area (Å²) in [6.07, 6.45) is 0.340. The summed E-state index contributed by atoms with van der Waals surface area (Å²) in [6, 6.07) is 12.2. The summed E-state index contributed by atoms with van der Waals surface area (Å²) < 4.78 is 4.68. The van der Waals surface area contributed by atoms with Crippen molar-refractivity contribution in [3.05, 3.63) is 47.5 Å². The Morgan fingerprint density at radius 2 is 1.94 bits per heavy atom. The van der Waals surface area contributed by atoms with Crippen molar-refractivity contribution >= 4 is 16.7 Å². The molecule has 2 aromatic carbocycles. The van der Waals surface area contributed by atoms with Gasteiger partial charge < -0.3 is 4.74 Å². The zero-order valence-electron chi connectivity index (χ0n) is 9.49. The molecule has 0 aromatic heterocycles. The van der Waals surface area contributed by atoms with E-state index in [1.807, 2.05) is 31.2 Å². The van der Waals surface area contributed by atoms with Crippen LogP contribution in [0.3, 0.4) is 0 Å². The lowest BCUT2D eigenvalue weighted by Crippen LogP contribution is -2.05. The molecule has 0 aliphatic heterocycles. The summed E-state index contributed by atoms with van der Waals surface area (Å²) in [7, 11) is 1.42. The second kappa shape index (κ2) is 4.35. The van der Waals surface area contributed by atoms with Crippen LogP contribution >= 0.6 is 0 Å². The van der Waals surface area contributed by atoms with Crippen LogP contribution < -0.4 is 0 Å². The van der Waals surface area contributed by atoms with Crippen molar-refractivity contribution in [3.63, 3.8) is 0 Å². The van der Waals surface area contributed by atoms with E-state index in [0.29, 0.717) is 6.42 Å². The van der Waals surface area contributed by atoms with Gasteiger partial charge in [-0.3, -0.25) is 4.79 Å². The van der Waals surface area contributed by atoms with Crippen molar-refractivity contribution in [1.82, 2.24) is 0 Å². The SMILES string of the molecule is COC(=O)Cc1ccc2ccccc2c1C. The maximum absolute atomic E-state index is 11.2. The summed E-state index contributed by atoms with van der Waals surface area (Å²) >= 11 is 0. The van der Waals surface area contributed by atoms with Crippen LogP contribution in [0.4, 0.5) is 0 Å². The predicted molar refractivity (Wildman–Crippen MR) is 64.4 cm³/mol. The van der Waals surface area contributed by atoms with Gasteiger partial charge in [-0.05, 0) is 28.8 Å². The van der Waals surface area contributed by atoms with E-state index in [1.165, 1.54) is 17.9 Å². The molecule has 2 heteroatoms. The van der Waals surface area contributed by atoms with Gasteiger partial charge in [-0.25, -0.2) is 0 Å². The lowest BCUT2D eigenvalue weighted by Gasteiger charge is -2.08. The first-order chi connectivity index (χ1) is 7.72. The second-order valence-electron chi connectivity index (χ2n) is 3.82. The molecule has 2 aromatic rings. The molecule has 2 nitrogen and oxygen atoms in total. The van der Waals surface area contributed by atoms with E-state index in [-0.39, 0.29) is 5.97 Å². The Labute approximate surface area is 94.8 Å². The number of fused-ring (bicyclic) bond motifs is 1. The third-order valence-electron chi connectivity index (χ3n) is 2.87. The lowest BCUT2D eigenvalue weighted by atomic mass is 9.98. The van der Waals surface area contributed by atoms with Gasteiger partial charge in [-0.2, -0.15) is 0 Å². The minimum Gasteiger partial charge on any atom is -0.469 e. The number of hydrogen-bond donors (Lipinski definition) is 0. The fraction of sp³-hybridized carbons (Fsp3) is 0.214. The molecular weight excluding hydrogens is 200 g/mol. The van der Waals surface area contributed by atoms with Crippen LogP contribution in [-0.4, -0.2) is 13.1 Å². The van der Waals surface area contributed by atoms with Gasteiger partial charge in [0.1, 0.15) is 0 Å². The number of carbonyl (C=O) groups is 1. The number of aryl methyl sites for hydroxylation is 1. The highest BCUT2D eigenvalue weighted by Crippen LogP contribution is 2.22. The Morgan fingerprint density at radius 3 is 2.69 bits per heavy atom. The summed E-state index contributed by atoms with van der Waals surface area (Å²) in [6.45, 7) is 2.04. The van der Waals surface area contributed by atoms with E-state index in [0.717, 1.165) is 11.1 Å². The zero-order chi connectivity index (χ0) is 11.5. The maximum atomic E-state index is 11.2. The number of ether oxygens (including phenoxy) is 1. The van der Waals surface area contributed by atoms with Crippen molar-refractivity contribution < 1.29 is 9.53 Å². The monoisotopic (exact) mass is 214 g/mol. The van der Waals surface area contributed by atoms with E-state index < -0.39 is 0 Å². The highest BCUT2D eigenvalue weighted by atomic mass is 16.5. The number of carbonyl (C=O) groups excluding carboxylic acids is 1. The molecule has 0 amide bonds. The van der Waals surface area contributed by atoms with Crippen molar-refractivity contribution in [2.24, 2.45) is 0 Å². The smallest absolute Gasteiger partial charge is 0.309 e. The largest absolute Gasteiger partial charge is 0.469 e. The first kappa shape index (κ1) is 10.7. The van der Waals surface area contributed by atoms with Gasteiger partial charge in [-0.1, -0.05) is 36.4 Å². The van der Waals surface area contributed by atoms with Crippen LogP contribution in [0.1, 0.15) is 11.1 Å². The van der Waals surface area contributed by atoms with E-state index in [4.69, 9.17) is 0 Å². The molecule has 82 valence electrons. The average Bonchev–Trinajstić information content (AvgIpc) is 2.33. The molecule has 0 N–H and O–H groups in total. The molecular formula is C14H14O2. The quantitative estimate of drug-likeness (QED) is 0.718. The van der Waals surface area contributed by atoms with Crippen molar-refractivity contribution in [2.45, 2.75) is 13.3 Å². The standard InChI is InChI=1S/C14H14O2/c1-10-12(9-14(15)16-2)8-7-11-5-3-4-6-13(10)11/h3-8H,9H2,1-2H3. The molecule has 0 saturated carbocycles. The van der Waals surface area contributed by atoms with Gasteiger partial charge in [0, 0.05) is 0 Å². The Balaban J connectivity index is 2.48. The number of esters is 1. The third-order valence-corrected chi connectivity index (χ3v) is 2.87. The highest BCUT2D eigenvalue weighted by Gasteiger charge is 2.07. The van der Waals surface area contributed by atoms with Crippen LogP contribution in [0.5, 0.6) is 0 Å². The fourth-order valence-electron chi connectivity index (χ4n) is 1.89. The van der Waals surface area contributed by atoms with Gasteiger partial charge in [0.2, 0.25) is 0 Å². The molecule has 2 rings (SSSR count). The molecule has 0 spiro atoms. The minimum atomic E-state index is -0.196. The second-order valence-corrected chi connectivity index (χ2v) is 3.82. The fourth-order valence-corrected chi connectivity index (χ4v) is 1.89. The Bertz CT molecular complexity index is 529. The summed E-state index contributed by atoms with van der Waals surface area (Å²) in [5.74, 6) is -0.196. The van der Waals surface area contributed by atoms with Crippen LogP contribution in [0.25, 0.3) is 10.8 Å². The number of rotatable bonds is 2. The van der Waals surface area contributed by atoms with Gasteiger partial charge >= 0.3 is 5.97 Å². The van der Waals surface area contributed by atoms with E-state index in [9.17, 15) is 4.79 Å². The van der Waals surface area contributed by atoms with Crippen molar-refractivity contribution in [2.75, 3.05) is 7.11 Å². The number of methoxy groups -OCH3 is 1. The van der Waals surface area contributed by atoms with Crippen molar-refractivity contribution in [3.8, 4) is 0 Å². The minimum absolute atomic E-state index is 0.196. The Kier molecular flexibility index (Phi) is 2.91. The van der Waals surface area contributed by atoms with E-state index in [1.54, 1.807) is 0 Å². The lowest BCUT2D eigenvalue weighted by molar-refractivity contribution is -0.139. The van der Waals surface area contributed by atoms with Crippen LogP contribution in [0.2, 0.25) is 0 Å². The molecule has 0 saturated heterocycles. The highest BCUT2D eigenvalue weighted by molar-refractivity contribution is 5.87. The number of benzene rings is 2. The van der Waals surface area contributed by atoms with Gasteiger partial charge in [0.05, 0.1) is 13.5 Å². The van der Waals surface area contributed by atoms with Crippen LogP contribution in [0.15, 0.2) is 36.4 Å². The topological polar surface area (TPSA) is 26.3 Å². The van der Waals surface area contributed by atoms with Crippen molar-refractivity contribution in [1.29, 1.82) is 0 Å². The van der Waals surface area contributed by atoms with Crippen LogP contribution in [-0.2, 0) is 16.0 Å². The molecule has 0 bridgehead atoms. The van der Waals surface area contributed by atoms with Gasteiger partial charge in [-0.15, -0.1) is 0 Å². The summed E-state index contributed by atoms with van der Waals surface area (Å²) in [5.41, 5.74) is 2.19. The first-order valence-corrected chi connectivity index (χ1v) is 5.26. The van der Waals surface area contributed by atoms with E-state index in [2.05, 4.69) is 16.9 Å². The average molecular weight is 214 g/mol. The summed E-state index contributed by atoms with van der Waals surface area (Å²) in [4.78, 5) is 11.2. The van der Waals surface area contributed by atoms with Gasteiger partial charge in [0.25, 0.3) is 0 Å². The zero-order valence-corrected chi connectivity index (χ0v) is 9.49. The molecule has 0 radical (unpaired) electrons. The molecule has 0 heterocycles. The van der Waals surface area contributed by atoms with Crippen LogP contribution in [0, 0.1) is 6.92 Å². The number of hydrogen-bond acceptors (Lipinski definition) is 2. The molecule has 0 unspecified atom stereocenters. The normalized spacial score (nSPS) is 10.4. The molecule has 16 heavy (non-hydrogen) atoms. The van der Waals surface area contributed by atoms with E-state index >= 15 is 0 Å².